The van der Waals surface area contributed by atoms with Crippen LogP contribution in [0.3, 0.4) is 0 Å². The summed E-state index contributed by atoms with van der Waals surface area (Å²) in [6.07, 6.45) is 0. The van der Waals surface area contributed by atoms with Crippen molar-refractivity contribution >= 4 is 39.2 Å². The second-order valence-electron chi connectivity index (χ2n) is 8.06. The minimum absolute atomic E-state index is 0.0398. The van der Waals surface area contributed by atoms with Crippen LogP contribution in [0.2, 0.25) is 5.02 Å². The summed E-state index contributed by atoms with van der Waals surface area (Å²) >= 11 is 6.18. The fraction of sp³-hybridized carbons (Fsp3) is 0.391. The largest absolute Gasteiger partial charge is 0.482 e. The molecule has 0 aliphatic rings. The van der Waals surface area contributed by atoms with Crippen molar-refractivity contribution in [3.63, 3.8) is 0 Å². The van der Waals surface area contributed by atoms with Crippen LogP contribution < -0.4 is 10.1 Å². The first-order valence-electron chi connectivity index (χ1n) is 10.2. The maximum atomic E-state index is 12.3. The summed E-state index contributed by atoms with van der Waals surface area (Å²) < 4.78 is 36.3. The second kappa shape index (κ2) is 11.0. The van der Waals surface area contributed by atoms with E-state index in [0.717, 1.165) is 15.4 Å². The van der Waals surface area contributed by atoms with Crippen LogP contribution >= 0.6 is 11.6 Å². The number of ether oxygens (including phenoxy) is 2. The lowest BCUT2D eigenvalue weighted by Gasteiger charge is -2.16. The molecule has 0 aliphatic carbocycles. The van der Waals surface area contributed by atoms with Gasteiger partial charge in [-0.25, -0.2) is 17.5 Å². The fourth-order valence-corrected chi connectivity index (χ4v) is 3.96. The number of amides is 1. The number of esters is 1. The number of hydrogen-bond acceptors (Lipinski definition) is 6. The predicted octanol–water partition coefficient (Wildman–Crippen LogP) is 3.89. The van der Waals surface area contributed by atoms with E-state index in [9.17, 15) is 18.0 Å². The van der Waals surface area contributed by atoms with E-state index in [2.05, 4.69) is 5.32 Å². The number of carbonyl (C=O) groups excluding carboxylic acids is 2. The first-order chi connectivity index (χ1) is 15.3. The average Bonchev–Trinajstić information content (AvgIpc) is 2.73. The number of aryl methyl sites for hydroxylation is 2. The van der Waals surface area contributed by atoms with E-state index >= 15 is 0 Å². The molecule has 2 rings (SSSR count). The van der Waals surface area contributed by atoms with Gasteiger partial charge in [0.2, 0.25) is 10.0 Å². The molecule has 0 heterocycles. The Kier molecular flexibility index (Phi) is 8.88. The van der Waals surface area contributed by atoms with E-state index in [-0.39, 0.29) is 17.4 Å². The molecule has 0 unspecified atom stereocenters. The number of hydrogen-bond donors (Lipinski definition) is 1. The Morgan fingerprint density at radius 3 is 2.33 bits per heavy atom. The first-order valence-corrected chi connectivity index (χ1v) is 12.1. The van der Waals surface area contributed by atoms with Gasteiger partial charge in [0.05, 0.1) is 4.90 Å². The topological polar surface area (TPSA) is 102 Å². The third kappa shape index (κ3) is 6.93. The Labute approximate surface area is 199 Å². The molecule has 180 valence electrons. The highest BCUT2D eigenvalue weighted by Gasteiger charge is 2.19. The SMILES string of the molecule is Cc1cc(OCC(=O)OCC(=O)Nc2cc(S(=O)(=O)N(C)C)ccc2C)c(C(C)C)cc1Cl. The molecule has 0 spiro atoms. The van der Waals surface area contributed by atoms with Crippen molar-refractivity contribution in [2.24, 2.45) is 0 Å². The van der Waals surface area contributed by atoms with Gasteiger partial charge in [-0.15, -0.1) is 0 Å². The smallest absolute Gasteiger partial charge is 0.344 e. The molecule has 8 nitrogen and oxygen atoms in total. The van der Waals surface area contributed by atoms with E-state index in [4.69, 9.17) is 21.1 Å². The lowest BCUT2D eigenvalue weighted by atomic mass is 10.0. The van der Waals surface area contributed by atoms with Gasteiger partial charge in [0, 0.05) is 24.8 Å². The molecular formula is C23H29ClN2O6S. The molecule has 2 aromatic carbocycles. The maximum Gasteiger partial charge on any atom is 0.344 e. The van der Waals surface area contributed by atoms with Gasteiger partial charge >= 0.3 is 5.97 Å². The molecule has 2 aromatic rings. The zero-order chi connectivity index (χ0) is 24.9. The summed E-state index contributed by atoms with van der Waals surface area (Å²) in [5, 5.41) is 3.19. The minimum Gasteiger partial charge on any atom is -0.482 e. The van der Waals surface area contributed by atoms with E-state index in [1.807, 2.05) is 26.8 Å². The molecule has 0 aromatic heterocycles. The number of rotatable bonds is 9. The zero-order valence-electron chi connectivity index (χ0n) is 19.6. The Hall–Kier alpha value is -2.62. The highest BCUT2D eigenvalue weighted by molar-refractivity contribution is 7.89. The summed E-state index contributed by atoms with van der Waals surface area (Å²) in [7, 11) is -0.813. The molecule has 10 heteroatoms. The van der Waals surface area contributed by atoms with Crippen LogP contribution in [-0.4, -0.2) is 51.9 Å². The van der Waals surface area contributed by atoms with E-state index in [1.54, 1.807) is 19.1 Å². The summed E-state index contributed by atoms with van der Waals surface area (Å²) in [6.45, 7) is 6.62. The van der Waals surface area contributed by atoms with Crippen molar-refractivity contribution in [2.75, 3.05) is 32.6 Å². The monoisotopic (exact) mass is 496 g/mol. The van der Waals surface area contributed by atoms with Crippen molar-refractivity contribution in [1.82, 2.24) is 4.31 Å². The number of nitrogens with zero attached hydrogens (tertiary/aromatic N) is 1. The van der Waals surface area contributed by atoms with E-state index < -0.39 is 28.5 Å². The van der Waals surface area contributed by atoms with Gasteiger partial charge in [0.25, 0.3) is 5.91 Å². The molecule has 0 saturated carbocycles. The van der Waals surface area contributed by atoms with Crippen molar-refractivity contribution in [1.29, 1.82) is 0 Å². The number of sulfonamides is 1. The fourth-order valence-electron chi connectivity index (χ4n) is 2.86. The average molecular weight is 497 g/mol. The van der Waals surface area contributed by atoms with Crippen LogP contribution in [0.5, 0.6) is 5.75 Å². The van der Waals surface area contributed by atoms with Crippen LogP contribution in [0.4, 0.5) is 5.69 Å². The Morgan fingerprint density at radius 1 is 1.06 bits per heavy atom. The standard InChI is InChI=1S/C23H29ClN2O6S/c1-14(2)18-11-19(24)16(4)9-21(18)31-13-23(28)32-12-22(27)25-20-10-17(8-7-15(20)3)33(29,30)26(5)6/h7-11,14H,12-13H2,1-6H3,(H,25,27). The number of nitrogens with one attached hydrogen (secondary N) is 1. The normalized spacial score (nSPS) is 11.5. The predicted molar refractivity (Wildman–Crippen MR) is 127 cm³/mol. The van der Waals surface area contributed by atoms with Crippen LogP contribution in [0.25, 0.3) is 0 Å². The van der Waals surface area contributed by atoms with Crippen LogP contribution in [0, 0.1) is 13.8 Å². The van der Waals surface area contributed by atoms with Gasteiger partial charge in [0.1, 0.15) is 5.75 Å². The van der Waals surface area contributed by atoms with Crippen LogP contribution in [0.1, 0.15) is 36.5 Å². The third-order valence-corrected chi connectivity index (χ3v) is 7.10. The lowest BCUT2D eigenvalue weighted by Crippen LogP contribution is -2.25. The second-order valence-corrected chi connectivity index (χ2v) is 10.6. The molecule has 0 bridgehead atoms. The highest BCUT2D eigenvalue weighted by atomic mass is 35.5. The molecule has 0 atom stereocenters. The van der Waals surface area contributed by atoms with Gasteiger partial charge in [-0.2, -0.15) is 0 Å². The van der Waals surface area contributed by atoms with Gasteiger partial charge in [-0.1, -0.05) is 31.5 Å². The molecule has 1 amide bonds. The van der Waals surface area contributed by atoms with Crippen molar-refractivity contribution in [3.05, 3.63) is 52.0 Å². The number of anilines is 1. The Bertz CT molecular complexity index is 1150. The van der Waals surface area contributed by atoms with E-state index in [1.165, 1.54) is 26.2 Å². The summed E-state index contributed by atoms with van der Waals surface area (Å²) in [5.41, 5.74) is 2.65. The first kappa shape index (κ1) is 26.6. The van der Waals surface area contributed by atoms with Gasteiger partial charge in [-0.3, -0.25) is 4.79 Å². The molecule has 0 aliphatic heterocycles. The number of carbonyl (C=O) groups is 2. The van der Waals surface area contributed by atoms with Gasteiger partial charge < -0.3 is 14.8 Å². The molecule has 1 N–H and O–H groups in total. The minimum atomic E-state index is -3.66. The number of benzene rings is 2. The zero-order valence-corrected chi connectivity index (χ0v) is 21.1. The Balaban J connectivity index is 1.97. The van der Waals surface area contributed by atoms with Crippen LogP contribution in [0.15, 0.2) is 35.2 Å². The molecule has 0 radical (unpaired) electrons. The maximum absolute atomic E-state index is 12.3. The number of halogens is 1. The molecule has 0 fully saturated rings. The summed E-state index contributed by atoms with van der Waals surface area (Å²) in [4.78, 5) is 24.4. The summed E-state index contributed by atoms with van der Waals surface area (Å²) in [6, 6.07) is 7.98. The van der Waals surface area contributed by atoms with Crippen molar-refractivity contribution in [3.8, 4) is 5.75 Å². The van der Waals surface area contributed by atoms with Crippen molar-refractivity contribution in [2.45, 2.75) is 38.5 Å². The van der Waals surface area contributed by atoms with Crippen LogP contribution in [-0.2, 0) is 24.3 Å². The lowest BCUT2D eigenvalue weighted by molar-refractivity contribution is -0.149. The quantitative estimate of drug-likeness (QED) is 0.528. The Morgan fingerprint density at radius 2 is 1.73 bits per heavy atom. The highest BCUT2D eigenvalue weighted by Crippen LogP contribution is 2.32. The summed E-state index contributed by atoms with van der Waals surface area (Å²) in [5.74, 6) is -0.651. The van der Waals surface area contributed by atoms with Gasteiger partial charge in [-0.05, 0) is 60.7 Å². The molecule has 0 saturated heterocycles. The van der Waals surface area contributed by atoms with Gasteiger partial charge in [0.15, 0.2) is 13.2 Å². The van der Waals surface area contributed by atoms with E-state index in [0.29, 0.717) is 22.0 Å². The van der Waals surface area contributed by atoms with Crippen molar-refractivity contribution < 1.29 is 27.5 Å². The third-order valence-electron chi connectivity index (χ3n) is 4.88. The molecular weight excluding hydrogens is 468 g/mol. The molecule has 33 heavy (non-hydrogen) atoms.